The summed E-state index contributed by atoms with van der Waals surface area (Å²) in [5, 5.41) is 0.583. The van der Waals surface area contributed by atoms with Crippen molar-refractivity contribution in [2.24, 2.45) is 0 Å². The number of benzene rings is 1. The lowest BCUT2D eigenvalue weighted by Gasteiger charge is -2.41. The number of hydrogen-bond donors (Lipinski definition) is 0. The molecule has 0 spiro atoms. The van der Waals surface area contributed by atoms with Crippen molar-refractivity contribution in [3.05, 3.63) is 29.3 Å². The molecule has 0 saturated carbocycles. The van der Waals surface area contributed by atoms with Gasteiger partial charge in [0.05, 0.1) is 6.04 Å². The molecule has 2 amide bonds. The number of carbonyl (C=O) groups excluding carboxylic acids is 2. The second kappa shape index (κ2) is 8.32. The Morgan fingerprint density at radius 3 is 2.72 bits per heavy atom. The summed E-state index contributed by atoms with van der Waals surface area (Å²) in [7, 11) is 0. The van der Waals surface area contributed by atoms with E-state index in [1.165, 1.54) is 0 Å². The fraction of sp³-hybridized carbons (Fsp3) is 0.556. The zero-order valence-electron chi connectivity index (χ0n) is 15.1. The average Bonchev–Trinajstić information content (AvgIpc) is 2.51. The second-order valence-electron chi connectivity index (χ2n) is 6.91. The molecule has 5 nitrogen and oxygen atoms in total. The standard InChI is InChI=1S/C18H25ClN2O3S/c1-5-25-12-15-10-20(14-8-6-7-13(19)9-14)16(22)11-21(15)17(23)24-18(2,3)4/h6-9,15H,5,10-12H2,1-4H3/t15-/m1/s1. The van der Waals surface area contributed by atoms with Gasteiger partial charge in [0.2, 0.25) is 5.91 Å². The van der Waals surface area contributed by atoms with Crippen LogP contribution in [0.25, 0.3) is 0 Å². The van der Waals surface area contributed by atoms with Gasteiger partial charge in [-0.1, -0.05) is 24.6 Å². The van der Waals surface area contributed by atoms with Crippen LogP contribution in [0.5, 0.6) is 0 Å². The molecule has 1 aromatic rings. The third-order valence-corrected chi connectivity index (χ3v) is 4.97. The van der Waals surface area contributed by atoms with Gasteiger partial charge >= 0.3 is 6.09 Å². The quantitative estimate of drug-likeness (QED) is 0.785. The van der Waals surface area contributed by atoms with E-state index in [0.717, 1.165) is 17.2 Å². The van der Waals surface area contributed by atoms with Gasteiger partial charge in [0.1, 0.15) is 12.1 Å². The number of thioether (sulfide) groups is 1. The molecule has 1 heterocycles. The molecule has 25 heavy (non-hydrogen) atoms. The molecular formula is C18H25ClN2O3S. The molecule has 1 saturated heterocycles. The Balaban J connectivity index is 2.20. The van der Waals surface area contributed by atoms with Crippen molar-refractivity contribution >= 4 is 41.1 Å². The maximum Gasteiger partial charge on any atom is 0.411 e. The van der Waals surface area contributed by atoms with Crippen LogP contribution in [-0.4, -0.2) is 53.1 Å². The summed E-state index contributed by atoms with van der Waals surface area (Å²) in [4.78, 5) is 28.4. The first-order valence-electron chi connectivity index (χ1n) is 8.34. The van der Waals surface area contributed by atoms with Crippen LogP contribution < -0.4 is 4.90 Å². The van der Waals surface area contributed by atoms with Gasteiger partial charge in [-0.2, -0.15) is 11.8 Å². The third kappa shape index (κ3) is 5.54. The van der Waals surface area contributed by atoms with Crippen LogP contribution in [0.15, 0.2) is 24.3 Å². The molecule has 1 aromatic carbocycles. The average molecular weight is 385 g/mol. The van der Waals surface area contributed by atoms with E-state index in [-0.39, 0.29) is 18.5 Å². The summed E-state index contributed by atoms with van der Waals surface area (Å²) < 4.78 is 5.48. The monoisotopic (exact) mass is 384 g/mol. The number of halogens is 1. The van der Waals surface area contributed by atoms with Crippen molar-refractivity contribution in [3.8, 4) is 0 Å². The molecule has 1 atom stereocenters. The Hall–Kier alpha value is -1.40. The van der Waals surface area contributed by atoms with E-state index in [9.17, 15) is 9.59 Å². The van der Waals surface area contributed by atoms with Crippen molar-refractivity contribution in [2.75, 3.05) is 29.5 Å². The highest BCUT2D eigenvalue weighted by Gasteiger charge is 2.37. The Morgan fingerprint density at radius 1 is 1.40 bits per heavy atom. The Morgan fingerprint density at radius 2 is 2.12 bits per heavy atom. The van der Waals surface area contributed by atoms with Gasteiger partial charge in [0.15, 0.2) is 0 Å². The summed E-state index contributed by atoms with van der Waals surface area (Å²) in [5.41, 5.74) is 0.167. The van der Waals surface area contributed by atoms with Gasteiger partial charge in [0.25, 0.3) is 0 Å². The first-order chi connectivity index (χ1) is 11.7. The number of hydrogen-bond acceptors (Lipinski definition) is 4. The number of carbonyl (C=O) groups is 2. The maximum atomic E-state index is 12.6. The Bertz CT molecular complexity index is 633. The van der Waals surface area contributed by atoms with Gasteiger partial charge in [-0.3, -0.25) is 9.69 Å². The highest BCUT2D eigenvalue weighted by atomic mass is 35.5. The lowest BCUT2D eigenvalue weighted by molar-refractivity contribution is -0.122. The largest absolute Gasteiger partial charge is 0.444 e. The summed E-state index contributed by atoms with van der Waals surface area (Å²) in [6, 6.07) is 7.12. The smallest absolute Gasteiger partial charge is 0.411 e. The lowest BCUT2D eigenvalue weighted by Crippen LogP contribution is -2.59. The fourth-order valence-electron chi connectivity index (χ4n) is 2.60. The first kappa shape index (κ1) is 19.9. The summed E-state index contributed by atoms with van der Waals surface area (Å²) >= 11 is 7.80. The maximum absolute atomic E-state index is 12.6. The number of piperazine rings is 1. The topological polar surface area (TPSA) is 49.9 Å². The van der Waals surface area contributed by atoms with E-state index >= 15 is 0 Å². The highest BCUT2D eigenvalue weighted by Crippen LogP contribution is 2.25. The van der Waals surface area contributed by atoms with Gasteiger partial charge in [-0.25, -0.2) is 4.79 Å². The minimum atomic E-state index is -0.591. The predicted octanol–water partition coefficient (Wildman–Crippen LogP) is 4.05. The van der Waals surface area contributed by atoms with Crippen molar-refractivity contribution in [2.45, 2.75) is 39.3 Å². The van der Waals surface area contributed by atoms with Gasteiger partial charge in [-0.05, 0) is 44.7 Å². The predicted molar refractivity (Wildman–Crippen MR) is 104 cm³/mol. The van der Waals surface area contributed by atoms with Crippen LogP contribution in [0.4, 0.5) is 10.5 Å². The van der Waals surface area contributed by atoms with E-state index in [0.29, 0.717) is 11.6 Å². The molecule has 1 aliphatic heterocycles. The van der Waals surface area contributed by atoms with Crippen LogP contribution in [0.3, 0.4) is 0 Å². The molecule has 0 radical (unpaired) electrons. The van der Waals surface area contributed by atoms with Crippen LogP contribution in [-0.2, 0) is 9.53 Å². The molecule has 0 bridgehead atoms. The van der Waals surface area contributed by atoms with Gasteiger partial charge in [0, 0.05) is 23.0 Å². The van der Waals surface area contributed by atoms with Crippen molar-refractivity contribution < 1.29 is 14.3 Å². The molecule has 0 aromatic heterocycles. The number of amides is 2. The summed E-state index contributed by atoms with van der Waals surface area (Å²) in [5.74, 6) is 1.56. The second-order valence-corrected chi connectivity index (χ2v) is 8.66. The van der Waals surface area contributed by atoms with Crippen LogP contribution in [0, 0.1) is 0 Å². The molecule has 1 aliphatic rings. The van der Waals surface area contributed by atoms with E-state index in [2.05, 4.69) is 6.92 Å². The zero-order valence-corrected chi connectivity index (χ0v) is 16.7. The summed E-state index contributed by atoms with van der Waals surface area (Å²) in [6.45, 7) is 7.99. The minimum Gasteiger partial charge on any atom is -0.444 e. The fourth-order valence-corrected chi connectivity index (χ4v) is 3.57. The van der Waals surface area contributed by atoms with Crippen LogP contribution in [0.2, 0.25) is 5.02 Å². The zero-order chi connectivity index (χ0) is 18.6. The van der Waals surface area contributed by atoms with Crippen molar-refractivity contribution in [1.82, 2.24) is 4.90 Å². The van der Waals surface area contributed by atoms with Crippen LogP contribution in [0.1, 0.15) is 27.7 Å². The molecular weight excluding hydrogens is 360 g/mol. The number of ether oxygens (including phenoxy) is 1. The van der Waals surface area contributed by atoms with E-state index in [4.69, 9.17) is 16.3 Å². The van der Waals surface area contributed by atoms with E-state index < -0.39 is 11.7 Å². The molecule has 0 N–H and O–H groups in total. The molecule has 138 valence electrons. The first-order valence-corrected chi connectivity index (χ1v) is 9.88. The molecule has 7 heteroatoms. The molecule has 2 rings (SSSR count). The highest BCUT2D eigenvalue weighted by molar-refractivity contribution is 7.99. The Labute approximate surface area is 158 Å². The SMILES string of the molecule is CCSC[C@H]1CN(c2cccc(Cl)c2)C(=O)CN1C(=O)OC(C)(C)C. The van der Waals surface area contributed by atoms with Gasteiger partial charge < -0.3 is 9.64 Å². The number of rotatable bonds is 4. The van der Waals surface area contributed by atoms with E-state index in [1.807, 2.05) is 32.9 Å². The lowest BCUT2D eigenvalue weighted by atomic mass is 10.1. The third-order valence-electron chi connectivity index (χ3n) is 3.70. The molecule has 0 unspecified atom stereocenters. The van der Waals surface area contributed by atoms with Crippen molar-refractivity contribution in [3.63, 3.8) is 0 Å². The van der Waals surface area contributed by atoms with E-state index in [1.54, 1.807) is 33.7 Å². The van der Waals surface area contributed by atoms with Crippen molar-refractivity contribution in [1.29, 1.82) is 0 Å². The molecule has 1 fully saturated rings. The summed E-state index contributed by atoms with van der Waals surface area (Å²) in [6.07, 6.45) is -0.437. The molecule has 0 aliphatic carbocycles. The minimum absolute atomic E-state index is 0.0103. The number of nitrogens with zero attached hydrogens (tertiary/aromatic N) is 2. The van der Waals surface area contributed by atoms with Gasteiger partial charge in [-0.15, -0.1) is 0 Å². The number of anilines is 1. The normalized spacial score (nSPS) is 18.4. The Kier molecular flexibility index (Phi) is 6.63. The van der Waals surface area contributed by atoms with Crippen LogP contribution >= 0.6 is 23.4 Å².